The van der Waals surface area contributed by atoms with Gasteiger partial charge in [0.2, 0.25) is 0 Å². The highest BCUT2D eigenvalue weighted by atomic mass is 32.1. The molecule has 3 heterocycles. The maximum absolute atomic E-state index is 13.6. The van der Waals surface area contributed by atoms with Gasteiger partial charge in [-0.15, -0.1) is 11.3 Å². The molecule has 1 aliphatic carbocycles. The minimum atomic E-state index is 0.0842. The molecule has 4 rings (SSSR count). The largest absolute Gasteiger partial charge is 0.331 e. The summed E-state index contributed by atoms with van der Waals surface area (Å²) < 4.78 is 0. The van der Waals surface area contributed by atoms with Crippen LogP contribution in [0.5, 0.6) is 0 Å². The zero-order valence-electron chi connectivity index (χ0n) is 16.0. The second kappa shape index (κ2) is 8.61. The van der Waals surface area contributed by atoms with Crippen molar-refractivity contribution in [2.45, 2.75) is 51.6 Å². The van der Waals surface area contributed by atoms with E-state index in [0.717, 1.165) is 39.7 Å². The molecule has 5 nitrogen and oxygen atoms in total. The molecule has 3 aromatic rings. The monoisotopic (exact) mass is 392 g/mol. The topological polar surface area (TPSA) is 59.0 Å². The first kappa shape index (κ1) is 18.7. The summed E-state index contributed by atoms with van der Waals surface area (Å²) in [5.41, 5.74) is 2.71. The molecule has 0 radical (unpaired) electrons. The average Bonchev–Trinajstić information content (AvgIpc) is 3.15. The second-order valence-corrected chi connectivity index (χ2v) is 8.23. The van der Waals surface area contributed by atoms with Gasteiger partial charge in [-0.2, -0.15) is 0 Å². The van der Waals surface area contributed by atoms with Crippen LogP contribution < -0.4 is 0 Å². The number of hydrogen-bond acceptors (Lipinski definition) is 5. The highest BCUT2D eigenvalue weighted by Crippen LogP contribution is 2.31. The summed E-state index contributed by atoms with van der Waals surface area (Å²) in [5, 5.41) is 0.800. The SMILES string of the molecule is Cc1nc(-c2ccccn2)sc1C(=O)N(Cc1ccncc1)C1CCCCC1. The van der Waals surface area contributed by atoms with Crippen LogP contribution in [-0.2, 0) is 6.54 Å². The van der Waals surface area contributed by atoms with Gasteiger partial charge < -0.3 is 4.90 Å². The summed E-state index contributed by atoms with van der Waals surface area (Å²) in [4.78, 5) is 29.5. The van der Waals surface area contributed by atoms with Crippen molar-refractivity contribution < 1.29 is 4.79 Å². The Morgan fingerprint density at radius 3 is 2.61 bits per heavy atom. The summed E-state index contributed by atoms with van der Waals surface area (Å²) in [6.45, 7) is 2.53. The standard InChI is InChI=1S/C22H24N4OS/c1-16-20(28-21(25-16)19-9-5-6-12-24-19)22(27)26(18-7-3-2-4-8-18)15-17-10-13-23-14-11-17/h5-6,9-14,18H,2-4,7-8,15H2,1H3. The van der Waals surface area contributed by atoms with Crippen molar-refractivity contribution in [1.82, 2.24) is 19.9 Å². The van der Waals surface area contributed by atoms with E-state index >= 15 is 0 Å². The van der Waals surface area contributed by atoms with E-state index in [9.17, 15) is 4.79 Å². The number of carbonyl (C=O) groups excluding carboxylic acids is 1. The molecule has 0 aliphatic heterocycles. The number of amides is 1. The fraction of sp³-hybridized carbons (Fsp3) is 0.364. The Labute approximate surface area is 169 Å². The summed E-state index contributed by atoms with van der Waals surface area (Å²) >= 11 is 1.45. The summed E-state index contributed by atoms with van der Waals surface area (Å²) in [7, 11) is 0. The van der Waals surface area contributed by atoms with Crippen LogP contribution in [-0.4, -0.2) is 31.8 Å². The third-order valence-electron chi connectivity index (χ3n) is 5.25. The van der Waals surface area contributed by atoms with Crippen LogP contribution >= 0.6 is 11.3 Å². The normalized spacial score (nSPS) is 14.8. The van der Waals surface area contributed by atoms with Crippen molar-refractivity contribution in [3.05, 3.63) is 65.1 Å². The molecule has 1 amide bonds. The van der Waals surface area contributed by atoms with E-state index in [1.807, 2.05) is 37.3 Å². The number of aromatic nitrogens is 3. The fourth-order valence-electron chi connectivity index (χ4n) is 3.77. The Balaban J connectivity index is 1.64. The molecular weight excluding hydrogens is 368 g/mol. The molecule has 1 saturated carbocycles. The van der Waals surface area contributed by atoms with Gasteiger partial charge in [0.1, 0.15) is 9.88 Å². The lowest BCUT2D eigenvalue weighted by Crippen LogP contribution is -2.40. The van der Waals surface area contributed by atoms with E-state index in [2.05, 4.69) is 19.9 Å². The van der Waals surface area contributed by atoms with Crippen molar-refractivity contribution in [3.8, 4) is 10.7 Å². The molecule has 0 bridgehead atoms. The van der Waals surface area contributed by atoms with Crippen LogP contribution in [0.2, 0.25) is 0 Å². The first-order valence-electron chi connectivity index (χ1n) is 9.81. The fourth-order valence-corrected chi connectivity index (χ4v) is 4.77. The van der Waals surface area contributed by atoms with Gasteiger partial charge in [0, 0.05) is 31.2 Å². The van der Waals surface area contributed by atoms with Crippen molar-refractivity contribution in [1.29, 1.82) is 0 Å². The smallest absolute Gasteiger partial charge is 0.266 e. The van der Waals surface area contributed by atoms with Crippen LogP contribution in [0.25, 0.3) is 10.7 Å². The molecule has 0 saturated heterocycles. The van der Waals surface area contributed by atoms with E-state index in [1.165, 1.54) is 30.6 Å². The molecular formula is C22H24N4OS. The minimum Gasteiger partial charge on any atom is -0.331 e. The van der Waals surface area contributed by atoms with Crippen molar-refractivity contribution in [3.63, 3.8) is 0 Å². The molecule has 0 unspecified atom stereocenters. The highest BCUT2D eigenvalue weighted by Gasteiger charge is 2.29. The molecule has 1 aliphatic rings. The van der Waals surface area contributed by atoms with E-state index in [-0.39, 0.29) is 11.9 Å². The van der Waals surface area contributed by atoms with Crippen LogP contribution in [0.4, 0.5) is 0 Å². The number of hydrogen-bond donors (Lipinski definition) is 0. The molecule has 0 spiro atoms. The van der Waals surface area contributed by atoms with Crippen molar-refractivity contribution in [2.24, 2.45) is 0 Å². The lowest BCUT2D eigenvalue weighted by atomic mass is 9.93. The number of aryl methyl sites for hydroxylation is 1. The molecule has 144 valence electrons. The van der Waals surface area contributed by atoms with Gasteiger partial charge in [-0.3, -0.25) is 14.8 Å². The second-order valence-electron chi connectivity index (χ2n) is 7.23. The van der Waals surface area contributed by atoms with E-state index in [4.69, 9.17) is 0 Å². The van der Waals surface area contributed by atoms with Gasteiger partial charge in [-0.05, 0) is 49.6 Å². The van der Waals surface area contributed by atoms with Gasteiger partial charge in [0.05, 0.1) is 11.4 Å². The zero-order chi connectivity index (χ0) is 19.3. The molecule has 0 N–H and O–H groups in total. The Morgan fingerprint density at radius 2 is 1.89 bits per heavy atom. The Kier molecular flexibility index (Phi) is 5.76. The molecule has 3 aromatic heterocycles. The lowest BCUT2D eigenvalue weighted by Gasteiger charge is -2.34. The number of nitrogens with zero attached hydrogens (tertiary/aromatic N) is 4. The molecule has 28 heavy (non-hydrogen) atoms. The summed E-state index contributed by atoms with van der Waals surface area (Å²) in [6.07, 6.45) is 11.1. The van der Waals surface area contributed by atoms with Gasteiger partial charge in [0.15, 0.2) is 0 Å². The highest BCUT2D eigenvalue weighted by molar-refractivity contribution is 7.17. The number of pyridine rings is 2. The Morgan fingerprint density at radius 1 is 1.11 bits per heavy atom. The van der Waals surface area contributed by atoms with E-state index < -0.39 is 0 Å². The number of rotatable bonds is 5. The van der Waals surface area contributed by atoms with Gasteiger partial charge in [-0.1, -0.05) is 25.3 Å². The van der Waals surface area contributed by atoms with Crippen LogP contribution in [0.1, 0.15) is 53.0 Å². The maximum Gasteiger partial charge on any atom is 0.266 e. The van der Waals surface area contributed by atoms with Crippen LogP contribution in [0.3, 0.4) is 0 Å². The predicted octanol–water partition coefficient (Wildman–Crippen LogP) is 4.88. The molecule has 1 fully saturated rings. The number of carbonyl (C=O) groups is 1. The van der Waals surface area contributed by atoms with Crippen molar-refractivity contribution >= 4 is 17.2 Å². The Hall–Kier alpha value is -2.60. The zero-order valence-corrected chi connectivity index (χ0v) is 16.9. The Bertz CT molecular complexity index is 920. The predicted molar refractivity (Wildman–Crippen MR) is 111 cm³/mol. The minimum absolute atomic E-state index is 0.0842. The van der Waals surface area contributed by atoms with Gasteiger partial charge in [0.25, 0.3) is 5.91 Å². The lowest BCUT2D eigenvalue weighted by molar-refractivity contribution is 0.0618. The molecule has 0 atom stereocenters. The van der Waals surface area contributed by atoms with Crippen molar-refractivity contribution in [2.75, 3.05) is 0 Å². The first-order valence-corrected chi connectivity index (χ1v) is 10.6. The van der Waals surface area contributed by atoms with Gasteiger partial charge in [-0.25, -0.2) is 4.98 Å². The number of thiazole rings is 1. The first-order chi connectivity index (χ1) is 13.7. The summed E-state index contributed by atoms with van der Waals surface area (Å²) in [6, 6.07) is 10.0. The van der Waals surface area contributed by atoms with Crippen LogP contribution in [0, 0.1) is 6.92 Å². The molecule has 0 aromatic carbocycles. The third-order valence-corrected chi connectivity index (χ3v) is 6.42. The molecule has 6 heteroatoms. The summed E-state index contributed by atoms with van der Waals surface area (Å²) in [5.74, 6) is 0.0842. The van der Waals surface area contributed by atoms with E-state index in [0.29, 0.717) is 6.54 Å². The van der Waals surface area contributed by atoms with Gasteiger partial charge >= 0.3 is 0 Å². The van der Waals surface area contributed by atoms with Crippen LogP contribution in [0.15, 0.2) is 48.9 Å². The average molecular weight is 393 g/mol. The quantitative estimate of drug-likeness (QED) is 0.621. The maximum atomic E-state index is 13.6. The van der Waals surface area contributed by atoms with E-state index in [1.54, 1.807) is 18.6 Å². The third kappa shape index (κ3) is 4.12.